The summed E-state index contributed by atoms with van der Waals surface area (Å²) in [7, 11) is 0. The number of pyridine rings is 1. The van der Waals surface area contributed by atoms with Gasteiger partial charge >= 0.3 is 0 Å². The number of ketones is 2. The zero-order chi connectivity index (χ0) is 22.0. The molecule has 1 N–H and O–H groups in total. The molecule has 3 aromatic carbocycles. The summed E-state index contributed by atoms with van der Waals surface area (Å²) < 4.78 is 0. The fourth-order valence-corrected chi connectivity index (χ4v) is 3.83. The molecule has 0 amide bonds. The van der Waals surface area contributed by atoms with Crippen LogP contribution in [0.25, 0.3) is 33.2 Å². The summed E-state index contributed by atoms with van der Waals surface area (Å²) in [5.41, 5.74) is 5.45. The van der Waals surface area contributed by atoms with Crippen molar-refractivity contribution in [1.82, 2.24) is 4.98 Å². The zero-order valence-corrected chi connectivity index (χ0v) is 19.9. The first-order valence-electron chi connectivity index (χ1n) is 9.88. The van der Waals surface area contributed by atoms with E-state index in [0.29, 0.717) is 0 Å². The van der Waals surface area contributed by atoms with Crippen LogP contribution in [-0.4, -0.2) is 21.7 Å². The smallest absolute Gasteiger partial charge is 0.194 e. The van der Waals surface area contributed by atoms with Crippen molar-refractivity contribution < 1.29 is 34.8 Å². The number of rotatable bonds is 2. The summed E-state index contributed by atoms with van der Waals surface area (Å²) in [4.78, 5) is 27.2. The number of hydrogen-bond acceptors (Lipinski definition) is 4. The number of aliphatic hydroxyl groups is 1. The van der Waals surface area contributed by atoms with E-state index in [4.69, 9.17) is 5.11 Å². The average molecular weight is 599 g/mol. The molecule has 0 saturated heterocycles. The number of benzene rings is 3. The Morgan fingerprint density at radius 3 is 2.25 bits per heavy atom. The Morgan fingerprint density at radius 2 is 1.62 bits per heavy atom. The van der Waals surface area contributed by atoms with E-state index < -0.39 is 0 Å². The molecular weight excluding hydrogens is 579 g/mol. The van der Waals surface area contributed by atoms with Gasteiger partial charge in [0.25, 0.3) is 0 Å². The Hall–Kier alpha value is -3.40. The number of fused-ring (bicyclic) bond motifs is 5. The molecule has 4 nitrogen and oxygen atoms in total. The number of allylic oxidation sites excluding steroid dienone is 2. The van der Waals surface area contributed by atoms with Gasteiger partial charge in [0.1, 0.15) is 0 Å². The molecule has 0 bridgehead atoms. The van der Waals surface area contributed by atoms with Gasteiger partial charge in [-0.15, -0.1) is 35.9 Å². The maximum Gasteiger partial charge on any atom is 0.194 e. The summed E-state index contributed by atoms with van der Waals surface area (Å²) in [6.07, 6.45) is 2.98. The minimum absolute atomic E-state index is 0. The van der Waals surface area contributed by atoms with Crippen molar-refractivity contribution in [2.45, 2.75) is 13.8 Å². The first-order chi connectivity index (χ1) is 15.0. The summed E-state index contributed by atoms with van der Waals surface area (Å²) in [5, 5.41) is 10.5. The second-order valence-corrected chi connectivity index (χ2v) is 7.29. The number of nitrogens with zero attached hydrogens (tertiary/aromatic N) is 1. The van der Waals surface area contributed by atoms with Gasteiger partial charge in [-0.1, -0.05) is 36.4 Å². The van der Waals surface area contributed by atoms with E-state index in [1.807, 2.05) is 72.9 Å². The maximum absolute atomic E-state index is 12.7. The quantitative estimate of drug-likeness (QED) is 0.155. The van der Waals surface area contributed by atoms with Crippen molar-refractivity contribution in [2.24, 2.45) is 0 Å². The molecule has 0 aliphatic heterocycles. The van der Waals surface area contributed by atoms with Crippen molar-refractivity contribution in [2.75, 3.05) is 0 Å². The van der Waals surface area contributed by atoms with Crippen LogP contribution in [0.15, 0.2) is 84.8 Å². The predicted molar refractivity (Wildman–Crippen MR) is 122 cm³/mol. The van der Waals surface area contributed by atoms with Crippen LogP contribution < -0.4 is 0 Å². The van der Waals surface area contributed by atoms with Crippen LogP contribution in [0, 0.1) is 6.07 Å². The molecule has 5 heteroatoms. The van der Waals surface area contributed by atoms with Crippen LogP contribution in [0.4, 0.5) is 0 Å². The van der Waals surface area contributed by atoms with Gasteiger partial charge in [-0.05, 0) is 41.9 Å². The molecule has 1 heterocycles. The third kappa shape index (κ3) is 4.45. The van der Waals surface area contributed by atoms with Crippen LogP contribution in [0.3, 0.4) is 0 Å². The standard InChI is InChI=1S/C22H12NO.C5H8O2.Ir/c24-22-18-9-5-4-8-15(18)20-16-12-13-23-21(14-6-2-1-3-7-14)17(16)10-11-19(20)22;1-4(6)3-5(2)7;/h1-6,8-13H;3,6H,1-2H3;/q-1;;/b;4-3-;. The van der Waals surface area contributed by atoms with Crippen molar-refractivity contribution in [3.05, 3.63) is 102 Å². The fraction of sp³-hybridized carbons (Fsp3) is 0.0741. The van der Waals surface area contributed by atoms with E-state index in [9.17, 15) is 9.59 Å². The molecule has 5 rings (SSSR count). The van der Waals surface area contributed by atoms with E-state index in [-0.39, 0.29) is 37.4 Å². The molecular formula is C27H20IrNO3-. The molecule has 4 aromatic rings. The molecule has 161 valence electrons. The number of carbonyl (C=O) groups excluding carboxylic acids is 2. The first kappa shape index (κ1) is 23.3. The summed E-state index contributed by atoms with van der Waals surface area (Å²) in [6.45, 7) is 2.85. The SMILES string of the molecule is CC(=O)/C=C(/C)O.O=C1c2ccccc2-c2c1ccc1c(-c3[c-]cccc3)nccc21.[Ir]. The molecule has 0 fully saturated rings. The molecule has 0 atom stereocenters. The molecule has 0 spiro atoms. The van der Waals surface area contributed by atoms with Crippen LogP contribution in [0.5, 0.6) is 0 Å². The Morgan fingerprint density at radius 1 is 0.906 bits per heavy atom. The van der Waals surface area contributed by atoms with Gasteiger partial charge in [0.2, 0.25) is 0 Å². The molecule has 32 heavy (non-hydrogen) atoms. The molecule has 1 aliphatic carbocycles. The molecule has 1 aliphatic rings. The molecule has 1 radical (unpaired) electrons. The molecule has 0 unspecified atom stereocenters. The topological polar surface area (TPSA) is 67.3 Å². The third-order valence-electron chi connectivity index (χ3n) is 5.01. The second-order valence-electron chi connectivity index (χ2n) is 7.29. The van der Waals surface area contributed by atoms with E-state index in [1.165, 1.54) is 19.9 Å². The Labute approximate surface area is 200 Å². The number of carbonyl (C=O) groups is 2. The van der Waals surface area contributed by atoms with E-state index in [0.717, 1.165) is 44.3 Å². The summed E-state index contributed by atoms with van der Waals surface area (Å²) in [5.74, 6) is 0.0413. The van der Waals surface area contributed by atoms with Gasteiger partial charge in [-0.2, -0.15) is 0 Å². The summed E-state index contributed by atoms with van der Waals surface area (Å²) in [6, 6.07) is 24.8. The molecule has 0 saturated carbocycles. The van der Waals surface area contributed by atoms with E-state index in [1.54, 1.807) is 0 Å². The minimum Gasteiger partial charge on any atom is -0.512 e. The fourth-order valence-electron chi connectivity index (χ4n) is 3.83. The number of aliphatic hydroxyl groups excluding tert-OH is 1. The van der Waals surface area contributed by atoms with Crippen LogP contribution in [-0.2, 0) is 24.9 Å². The Bertz CT molecular complexity index is 1340. The Kier molecular flexibility index (Phi) is 7.14. The van der Waals surface area contributed by atoms with Gasteiger partial charge in [0.15, 0.2) is 11.6 Å². The van der Waals surface area contributed by atoms with Crippen molar-refractivity contribution in [1.29, 1.82) is 0 Å². The van der Waals surface area contributed by atoms with Gasteiger partial charge in [0, 0.05) is 49.1 Å². The van der Waals surface area contributed by atoms with Crippen molar-refractivity contribution >= 4 is 22.3 Å². The third-order valence-corrected chi connectivity index (χ3v) is 5.01. The monoisotopic (exact) mass is 599 g/mol. The van der Waals surface area contributed by atoms with Gasteiger partial charge in [-0.25, -0.2) is 0 Å². The average Bonchev–Trinajstić information content (AvgIpc) is 3.06. The van der Waals surface area contributed by atoms with Crippen LogP contribution in [0.1, 0.15) is 29.8 Å². The van der Waals surface area contributed by atoms with Crippen LogP contribution in [0.2, 0.25) is 0 Å². The second kappa shape index (κ2) is 9.82. The normalized spacial score (nSPS) is 11.7. The first-order valence-corrected chi connectivity index (χ1v) is 9.88. The van der Waals surface area contributed by atoms with Crippen LogP contribution >= 0.6 is 0 Å². The van der Waals surface area contributed by atoms with Gasteiger partial charge in [0.05, 0.1) is 5.76 Å². The van der Waals surface area contributed by atoms with E-state index >= 15 is 0 Å². The predicted octanol–water partition coefficient (Wildman–Crippen LogP) is 5.95. The van der Waals surface area contributed by atoms with Crippen molar-refractivity contribution in [3.63, 3.8) is 0 Å². The molecule has 1 aromatic heterocycles. The van der Waals surface area contributed by atoms with Gasteiger partial charge < -0.3 is 10.1 Å². The van der Waals surface area contributed by atoms with E-state index in [2.05, 4.69) is 11.1 Å². The number of aromatic nitrogens is 1. The minimum atomic E-state index is -0.125. The number of hydrogen-bond donors (Lipinski definition) is 1. The largest absolute Gasteiger partial charge is 0.512 e. The zero-order valence-electron chi connectivity index (χ0n) is 17.5. The Balaban J connectivity index is 0.000000318. The maximum atomic E-state index is 12.7. The summed E-state index contributed by atoms with van der Waals surface area (Å²) >= 11 is 0. The van der Waals surface area contributed by atoms with Crippen molar-refractivity contribution in [3.8, 4) is 22.4 Å². The van der Waals surface area contributed by atoms with Gasteiger partial charge in [-0.3, -0.25) is 9.59 Å².